The van der Waals surface area contributed by atoms with E-state index in [4.69, 9.17) is 0 Å². The summed E-state index contributed by atoms with van der Waals surface area (Å²) in [6.07, 6.45) is 3.79. The molecule has 0 bridgehead atoms. The van der Waals surface area contributed by atoms with Crippen LogP contribution < -0.4 is 0 Å². The lowest BCUT2D eigenvalue weighted by molar-refractivity contribution is -0.142. The summed E-state index contributed by atoms with van der Waals surface area (Å²) in [5.74, 6) is 0.0172. The number of benzene rings is 1. The van der Waals surface area contributed by atoms with Gasteiger partial charge in [-0.1, -0.05) is 30.3 Å². The van der Waals surface area contributed by atoms with Crippen molar-refractivity contribution in [3.63, 3.8) is 0 Å². The van der Waals surface area contributed by atoms with Crippen LogP contribution in [0.2, 0.25) is 0 Å². The molecule has 1 N–H and O–H groups in total. The van der Waals surface area contributed by atoms with Crippen molar-refractivity contribution in [1.82, 2.24) is 4.90 Å². The zero-order valence-electron chi connectivity index (χ0n) is 11.2. The van der Waals surface area contributed by atoms with Gasteiger partial charge in [0, 0.05) is 12.1 Å². The number of hydrogen-bond donors (Lipinski definition) is 1. The van der Waals surface area contributed by atoms with Crippen LogP contribution >= 0.6 is 0 Å². The van der Waals surface area contributed by atoms with Gasteiger partial charge in [-0.3, -0.25) is 4.79 Å². The van der Waals surface area contributed by atoms with Crippen LogP contribution in [0.15, 0.2) is 41.5 Å². The lowest BCUT2D eigenvalue weighted by atomic mass is 9.89. The molecule has 0 aromatic heterocycles. The molecule has 1 unspecified atom stereocenters. The van der Waals surface area contributed by atoms with Crippen LogP contribution in [0.4, 0.5) is 0 Å². The fraction of sp³-hybridized carbons (Fsp3) is 0.438. The van der Waals surface area contributed by atoms with Crippen molar-refractivity contribution in [3.05, 3.63) is 47.0 Å². The van der Waals surface area contributed by atoms with E-state index in [-0.39, 0.29) is 5.91 Å². The number of rotatable bonds is 2. The molecule has 0 saturated carbocycles. The van der Waals surface area contributed by atoms with Gasteiger partial charge in [0.2, 0.25) is 0 Å². The summed E-state index contributed by atoms with van der Waals surface area (Å²) < 4.78 is 0. The minimum absolute atomic E-state index is 0.0172. The number of nitrogens with zero attached hydrogens (tertiary/aromatic N) is 1. The van der Waals surface area contributed by atoms with Crippen LogP contribution in [0.1, 0.15) is 38.2 Å². The molecule has 1 heterocycles. The first-order valence-electron chi connectivity index (χ1n) is 6.91. The van der Waals surface area contributed by atoms with Gasteiger partial charge in [0.1, 0.15) is 0 Å². The minimum Gasteiger partial charge on any atom is -0.367 e. The highest BCUT2D eigenvalue weighted by atomic mass is 16.3. The molecule has 1 aliphatic carbocycles. The maximum absolute atomic E-state index is 12.5. The van der Waals surface area contributed by atoms with E-state index in [1.54, 1.807) is 11.8 Å². The number of aliphatic hydroxyl groups is 1. The van der Waals surface area contributed by atoms with Crippen LogP contribution in [0.3, 0.4) is 0 Å². The maximum atomic E-state index is 12.5. The van der Waals surface area contributed by atoms with Crippen molar-refractivity contribution in [2.75, 3.05) is 0 Å². The normalized spacial score (nSPS) is 26.8. The van der Waals surface area contributed by atoms with E-state index < -0.39 is 5.72 Å². The first-order valence-corrected chi connectivity index (χ1v) is 6.91. The van der Waals surface area contributed by atoms with Crippen molar-refractivity contribution < 1.29 is 9.90 Å². The minimum atomic E-state index is -1.11. The van der Waals surface area contributed by atoms with Crippen molar-refractivity contribution in [3.8, 4) is 0 Å². The number of amides is 1. The fourth-order valence-corrected chi connectivity index (χ4v) is 3.18. The Morgan fingerprint density at radius 1 is 1.21 bits per heavy atom. The Hall–Kier alpha value is -1.61. The van der Waals surface area contributed by atoms with Gasteiger partial charge in [0.15, 0.2) is 5.72 Å². The summed E-state index contributed by atoms with van der Waals surface area (Å²) in [6.45, 7) is 2.22. The van der Waals surface area contributed by atoms with E-state index in [0.717, 1.165) is 42.4 Å². The van der Waals surface area contributed by atoms with Crippen LogP contribution in [-0.4, -0.2) is 21.6 Å². The average Bonchev–Trinajstić information content (AvgIpc) is 2.62. The van der Waals surface area contributed by atoms with Crippen molar-refractivity contribution in [2.45, 2.75) is 44.9 Å². The van der Waals surface area contributed by atoms with Gasteiger partial charge in [0.25, 0.3) is 5.91 Å². The third-order valence-corrected chi connectivity index (χ3v) is 4.25. The van der Waals surface area contributed by atoms with Gasteiger partial charge in [-0.25, -0.2) is 0 Å². The number of carbonyl (C=O) groups is 1. The molecule has 0 saturated heterocycles. The molecule has 1 atom stereocenters. The van der Waals surface area contributed by atoms with E-state index in [9.17, 15) is 9.90 Å². The van der Waals surface area contributed by atoms with Gasteiger partial charge >= 0.3 is 0 Å². The van der Waals surface area contributed by atoms with Crippen LogP contribution in [-0.2, 0) is 11.3 Å². The van der Waals surface area contributed by atoms with E-state index in [1.165, 1.54) is 0 Å². The molecule has 1 aliphatic heterocycles. The molecular weight excluding hydrogens is 238 g/mol. The first kappa shape index (κ1) is 12.4. The summed E-state index contributed by atoms with van der Waals surface area (Å²) >= 11 is 0. The van der Waals surface area contributed by atoms with Crippen molar-refractivity contribution >= 4 is 5.91 Å². The molecule has 100 valence electrons. The summed E-state index contributed by atoms with van der Waals surface area (Å²) in [7, 11) is 0. The third kappa shape index (κ3) is 1.98. The van der Waals surface area contributed by atoms with Crippen LogP contribution in [0.5, 0.6) is 0 Å². The molecule has 0 fully saturated rings. The van der Waals surface area contributed by atoms with E-state index in [2.05, 4.69) is 0 Å². The summed E-state index contributed by atoms with van der Waals surface area (Å²) in [5.41, 5.74) is 1.74. The zero-order chi connectivity index (χ0) is 13.5. The van der Waals surface area contributed by atoms with Crippen molar-refractivity contribution in [2.24, 2.45) is 0 Å². The summed E-state index contributed by atoms with van der Waals surface area (Å²) in [5, 5.41) is 10.7. The quantitative estimate of drug-likeness (QED) is 0.884. The molecule has 1 aromatic carbocycles. The maximum Gasteiger partial charge on any atom is 0.252 e. The zero-order valence-corrected chi connectivity index (χ0v) is 11.2. The summed E-state index contributed by atoms with van der Waals surface area (Å²) in [4.78, 5) is 14.1. The lowest BCUT2D eigenvalue weighted by Crippen LogP contribution is -2.45. The molecule has 3 heteroatoms. The van der Waals surface area contributed by atoms with Crippen LogP contribution in [0, 0.1) is 0 Å². The Kier molecular flexibility index (Phi) is 2.94. The average molecular weight is 257 g/mol. The number of hydrogen-bond acceptors (Lipinski definition) is 2. The highest BCUT2D eigenvalue weighted by molar-refractivity contribution is 5.98. The Labute approximate surface area is 113 Å². The molecule has 2 aliphatic rings. The highest BCUT2D eigenvalue weighted by Gasteiger charge is 2.46. The molecule has 0 radical (unpaired) electrons. The van der Waals surface area contributed by atoms with E-state index in [0.29, 0.717) is 6.54 Å². The Morgan fingerprint density at radius 2 is 1.89 bits per heavy atom. The second-order valence-corrected chi connectivity index (χ2v) is 5.56. The Bertz CT molecular complexity index is 531. The van der Waals surface area contributed by atoms with Crippen molar-refractivity contribution in [1.29, 1.82) is 0 Å². The van der Waals surface area contributed by atoms with E-state index in [1.807, 2.05) is 30.3 Å². The fourth-order valence-electron chi connectivity index (χ4n) is 3.18. The molecule has 1 aromatic rings. The highest BCUT2D eigenvalue weighted by Crippen LogP contribution is 2.42. The molecule has 3 nitrogen and oxygen atoms in total. The Balaban J connectivity index is 1.90. The summed E-state index contributed by atoms with van der Waals surface area (Å²) in [6, 6.07) is 9.84. The van der Waals surface area contributed by atoms with Gasteiger partial charge < -0.3 is 10.0 Å². The topological polar surface area (TPSA) is 40.5 Å². The predicted molar refractivity (Wildman–Crippen MR) is 73.1 cm³/mol. The smallest absolute Gasteiger partial charge is 0.252 e. The SMILES string of the molecule is CC1(O)C2=C(CCCC2)C(=O)N1Cc1ccccc1. The predicted octanol–water partition coefficient (Wildman–Crippen LogP) is 2.61. The molecule has 1 amide bonds. The molecule has 3 rings (SSSR count). The lowest BCUT2D eigenvalue weighted by Gasteiger charge is -2.33. The molecule has 19 heavy (non-hydrogen) atoms. The first-order chi connectivity index (χ1) is 9.10. The van der Waals surface area contributed by atoms with Gasteiger partial charge in [-0.15, -0.1) is 0 Å². The second-order valence-electron chi connectivity index (χ2n) is 5.56. The standard InChI is InChI=1S/C16H19NO2/c1-16(19)14-10-6-5-9-13(14)15(18)17(16)11-12-7-3-2-4-8-12/h2-4,7-8,19H,5-6,9-11H2,1H3. The number of carbonyl (C=O) groups excluding carboxylic acids is 1. The van der Waals surface area contributed by atoms with Gasteiger partial charge in [-0.05, 0) is 43.7 Å². The van der Waals surface area contributed by atoms with Crippen LogP contribution in [0.25, 0.3) is 0 Å². The van der Waals surface area contributed by atoms with E-state index >= 15 is 0 Å². The molecular formula is C16H19NO2. The largest absolute Gasteiger partial charge is 0.367 e. The third-order valence-electron chi connectivity index (χ3n) is 4.25. The van der Waals surface area contributed by atoms with Gasteiger partial charge in [0.05, 0.1) is 0 Å². The van der Waals surface area contributed by atoms with Gasteiger partial charge in [-0.2, -0.15) is 0 Å². The second kappa shape index (κ2) is 4.49. The Morgan fingerprint density at radius 3 is 2.58 bits per heavy atom. The monoisotopic (exact) mass is 257 g/mol. The molecule has 0 spiro atoms.